The molecule has 0 heterocycles. The minimum Gasteiger partial charge on any atom is -0.481 e. The van der Waals surface area contributed by atoms with Crippen LogP contribution in [0.1, 0.15) is 26.2 Å². The van der Waals surface area contributed by atoms with E-state index in [0.29, 0.717) is 12.1 Å². The number of benzene rings is 1. The van der Waals surface area contributed by atoms with E-state index in [2.05, 4.69) is 15.6 Å². The van der Waals surface area contributed by atoms with Crippen LogP contribution in [0.15, 0.2) is 53.2 Å². The van der Waals surface area contributed by atoms with Crippen LogP contribution < -0.4 is 10.6 Å². The molecule has 24 heavy (non-hydrogen) atoms. The highest BCUT2D eigenvalue weighted by Crippen LogP contribution is 2.26. The van der Waals surface area contributed by atoms with Crippen molar-refractivity contribution in [3.8, 4) is 0 Å². The number of carboxylic acid groups (broad SMARTS) is 1. The summed E-state index contributed by atoms with van der Waals surface area (Å²) in [6, 6.07) is 7.71. The Morgan fingerprint density at radius 1 is 1.25 bits per heavy atom. The molecule has 0 unspecified atom stereocenters. The van der Waals surface area contributed by atoms with E-state index in [4.69, 9.17) is 5.11 Å². The van der Waals surface area contributed by atoms with Crippen molar-refractivity contribution in [2.45, 2.75) is 26.2 Å². The van der Waals surface area contributed by atoms with Gasteiger partial charge in [0.25, 0.3) is 0 Å². The molecule has 0 saturated heterocycles. The number of amides is 1. The number of carbonyl (C=O) groups excluding carboxylic acids is 1. The van der Waals surface area contributed by atoms with Gasteiger partial charge < -0.3 is 15.7 Å². The zero-order valence-corrected chi connectivity index (χ0v) is 13.6. The van der Waals surface area contributed by atoms with Gasteiger partial charge in [0.15, 0.2) is 0 Å². The highest BCUT2D eigenvalue weighted by atomic mass is 16.4. The van der Waals surface area contributed by atoms with Crippen LogP contribution in [0.5, 0.6) is 0 Å². The van der Waals surface area contributed by atoms with Crippen LogP contribution >= 0.6 is 0 Å². The minimum absolute atomic E-state index is 0.0579. The molecule has 0 radical (unpaired) electrons. The predicted molar refractivity (Wildman–Crippen MR) is 94.6 cm³/mol. The van der Waals surface area contributed by atoms with Gasteiger partial charge in [0.1, 0.15) is 0 Å². The van der Waals surface area contributed by atoms with Crippen LogP contribution in [-0.2, 0) is 9.59 Å². The van der Waals surface area contributed by atoms with E-state index in [1.54, 1.807) is 6.08 Å². The fourth-order valence-electron chi connectivity index (χ4n) is 2.26. The van der Waals surface area contributed by atoms with Gasteiger partial charge in [0, 0.05) is 19.4 Å². The number of hydrogen-bond acceptors (Lipinski definition) is 4. The van der Waals surface area contributed by atoms with E-state index >= 15 is 0 Å². The van der Waals surface area contributed by atoms with E-state index in [1.165, 1.54) is 0 Å². The molecule has 1 aliphatic carbocycles. The Morgan fingerprint density at radius 2 is 2.04 bits per heavy atom. The van der Waals surface area contributed by atoms with E-state index in [-0.39, 0.29) is 18.7 Å². The smallest absolute Gasteiger partial charge is 0.303 e. The van der Waals surface area contributed by atoms with Crippen LogP contribution in [0.25, 0.3) is 0 Å². The largest absolute Gasteiger partial charge is 0.481 e. The SMILES string of the molecule is CCNc1ccccc1N=C1CC=CC=C1NC(=O)CCC(=O)O. The van der Waals surface area contributed by atoms with Gasteiger partial charge in [-0.25, -0.2) is 4.99 Å². The summed E-state index contributed by atoms with van der Waals surface area (Å²) in [6.45, 7) is 2.80. The van der Waals surface area contributed by atoms with Gasteiger partial charge >= 0.3 is 5.97 Å². The van der Waals surface area contributed by atoms with Crippen LogP contribution in [-0.4, -0.2) is 29.2 Å². The Hall–Kier alpha value is -2.89. The fourth-order valence-corrected chi connectivity index (χ4v) is 2.26. The monoisotopic (exact) mass is 327 g/mol. The van der Waals surface area contributed by atoms with E-state index in [1.807, 2.05) is 43.3 Å². The molecular weight excluding hydrogens is 306 g/mol. The second-order valence-corrected chi connectivity index (χ2v) is 5.26. The van der Waals surface area contributed by atoms with E-state index < -0.39 is 5.97 Å². The Labute approximate surface area is 141 Å². The van der Waals surface area contributed by atoms with Crippen LogP contribution in [0, 0.1) is 0 Å². The third kappa shape index (κ3) is 5.08. The molecule has 0 atom stereocenters. The molecule has 1 aliphatic rings. The van der Waals surface area contributed by atoms with E-state index in [9.17, 15) is 9.59 Å². The first kappa shape index (κ1) is 17.5. The summed E-state index contributed by atoms with van der Waals surface area (Å²) in [5.41, 5.74) is 3.08. The van der Waals surface area contributed by atoms with Crippen molar-refractivity contribution in [3.05, 3.63) is 48.2 Å². The number of rotatable bonds is 7. The summed E-state index contributed by atoms with van der Waals surface area (Å²) < 4.78 is 0. The molecule has 0 aliphatic heterocycles. The predicted octanol–water partition coefficient (Wildman–Crippen LogP) is 3.02. The van der Waals surface area contributed by atoms with Gasteiger partial charge in [-0.1, -0.05) is 24.3 Å². The highest BCUT2D eigenvalue weighted by molar-refractivity contribution is 6.06. The highest BCUT2D eigenvalue weighted by Gasteiger charge is 2.14. The number of anilines is 1. The molecular formula is C18H21N3O3. The van der Waals surface area contributed by atoms with Crippen molar-refractivity contribution in [3.63, 3.8) is 0 Å². The molecule has 2 rings (SSSR count). The number of hydrogen-bond donors (Lipinski definition) is 3. The zero-order valence-electron chi connectivity index (χ0n) is 13.6. The maximum absolute atomic E-state index is 11.9. The first-order valence-electron chi connectivity index (χ1n) is 7.89. The fraction of sp³-hybridized carbons (Fsp3) is 0.278. The summed E-state index contributed by atoms with van der Waals surface area (Å²) in [5.74, 6) is -1.32. The maximum Gasteiger partial charge on any atom is 0.303 e. The Bertz CT molecular complexity index is 705. The van der Waals surface area contributed by atoms with Crippen LogP contribution in [0.4, 0.5) is 11.4 Å². The lowest BCUT2D eigenvalue weighted by molar-refractivity contribution is -0.138. The van der Waals surface area contributed by atoms with Gasteiger partial charge in [0.2, 0.25) is 5.91 Å². The average molecular weight is 327 g/mol. The lowest BCUT2D eigenvalue weighted by atomic mass is 10.1. The van der Waals surface area contributed by atoms with Crippen LogP contribution in [0.3, 0.4) is 0 Å². The molecule has 126 valence electrons. The summed E-state index contributed by atoms with van der Waals surface area (Å²) in [5, 5.41) is 14.7. The molecule has 0 fully saturated rings. The number of carbonyl (C=O) groups is 2. The van der Waals surface area contributed by atoms with Gasteiger partial charge in [-0.3, -0.25) is 9.59 Å². The lowest BCUT2D eigenvalue weighted by Gasteiger charge is -2.15. The quantitative estimate of drug-likeness (QED) is 0.718. The van der Waals surface area contributed by atoms with Crippen LogP contribution in [0.2, 0.25) is 0 Å². The summed E-state index contributed by atoms with van der Waals surface area (Å²) in [4.78, 5) is 27.1. The molecule has 1 aromatic rings. The summed E-state index contributed by atoms with van der Waals surface area (Å²) in [6.07, 6.45) is 5.94. The molecule has 0 spiro atoms. The number of para-hydroxylation sites is 2. The normalized spacial score (nSPS) is 15.0. The molecule has 1 amide bonds. The van der Waals surface area contributed by atoms with Crippen molar-refractivity contribution >= 4 is 29.0 Å². The molecule has 3 N–H and O–H groups in total. The number of aliphatic carboxylic acids is 1. The molecule has 0 saturated carbocycles. The Balaban J connectivity index is 2.16. The average Bonchev–Trinajstić information content (AvgIpc) is 2.57. The topological polar surface area (TPSA) is 90.8 Å². The number of allylic oxidation sites excluding steroid dienone is 4. The van der Waals surface area contributed by atoms with Crippen molar-refractivity contribution in [1.29, 1.82) is 0 Å². The van der Waals surface area contributed by atoms with Crippen molar-refractivity contribution in [2.24, 2.45) is 4.99 Å². The first-order chi connectivity index (χ1) is 11.6. The van der Waals surface area contributed by atoms with Gasteiger partial charge in [-0.05, 0) is 25.1 Å². The number of aliphatic imine (C=N–C) groups is 1. The van der Waals surface area contributed by atoms with Crippen molar-refractivity contribution < 1.29 is 14.7 Å². The summed E-state index contributed by atoms with van der Waals surface area (Å²) in [7, 11) is 0. The van der Waals surface area contributed by atoms with Gasteiger partial charge in [-0.2, -0.15) is 0 Å². The molecule has 0 bridgehead atoms. The zero-order chi connectivity index (χ0) is 17.4. The third-order valence-corrected chi connectivity index (χ3v) is 3.39. The number of carboxylic acids is 1. The standard InChI is InChI=1S/C18H21N3O3/c1-2-19-13-7-3-4-8-14(13)20-15-9-5-6-10-16(15)21-17(22)11-12-18(23)24/h3-8,10,19H,2,9,11-12H2,1H3,(H,21,22)(H,23,24). The summed E-state index contributed by atoms with van der Waals surface area (Å²) >= 11 is 0. The molecule has 6 nitrogen and oxygen atoms in total. The molecule has 0 aromatic heterocycles. The second kappa shape index (κ2) is 8.67. The Kier molecular flexibility index (Phi) is 6.31. The number of nitrogens with one attached hydrogen (secondary N) is 2. The first-order valence-corrected chi connectivity index (χ1v) is 7.89. The van der Waals surface area contributed by atoms with Crippen molar-refractivity contribution in [1.82, 2.24) is 5.32 Å². The number of nitrogens with zero attached hydrogens (tertiary/aromatic N) is 1. The molecule has 6 heteroatoms. The second-order valence-electron chi connectivity index (χ2n) is 5.26. The Morgan fingerprint density at radius 3 is 2.79 bits per heavy atom. The third-order valence-electron chi connectivity index (χ3n) is 3.39. The van der Waals surface area contributed by atoms with Gasteiger partial charge in [0.05, 0.1) is 29.2 Å². The molecule has 1 aromatic carbocycles. The van der Waals surface area contributed by atoms with E-state index in [0.717, 1.165) is 23.6 Å². The minimum atomic E-state index is -0.990. The maximum atomic E-state index is 11.9. The van der Waals surface area contributed by atoms with Crippen molar-refractivity contribution in [2.75, 3.05) is 11.9 Å². The lowest BCUT2D eigenvalue weighted by Crippen LogP contribution is -2.28. The van der Waals surface area contributed by atoms with Gasteiger partial charge in [-0.15, -0.1) is 0 Å².